The summed E-state index contributed by atoms with van der Waals surface area (Å²) < 4.78 is 7.32. The Kier molecular flexibility index (Phi) is 2.86. The van der Waals surface area contributed by atoms with Gasteiger partial charge in [-0.3, -0.25) is 9.48 Å². The molecular weight excluding hydrogens is 230 g/mol. The SMILES string of the molecule is C[C@]1(CNC(=O)c2cc3n(n2)CCC3)CCOC1. The van der Waals surface area contributed by atoms with Crippen LogP contribution in [0.4, 0.5) is 0 Å². The van der Waals surface area contributed by atoms with Crippen LogP contribution in [0.15, 0.2) is 6.07 Å². The van der Waals surface area contributed by atoms with Crippen molar-refractivity contribution >= 4 is 5.91 Å². The molecule has 1 aromatic rings. The molecule has 2 aliphatic rings. The molecule has 0 unspecified atom stereocenters. The smallest absolute Gasteiger partial charge is 0.271 e. The minimum atomic E-state index is -0.0648. The molecule has 3 heterocycles. The number of hydrogen-bond acceptors (Lipinski definition) is 3. The highest BCUT2D eigenvalue weighted by Crippen LogP contribution is 2.26. The molecule has 3 rings (SSSR count). The predicted octanol–water partition coefficient (Wildman–Crippen LogP) is 0.986. The Morgan fingerprint density at radius 2 is 2.56 bits per heavy atom. The van der Waals surface area contributed by atoms with Crippen molar-refractivity contribution in [3.63, 3.8) is 0 Å². The fourth-order valence-corrected chi connectivity index (χ4v) is 2.60. The Morgan fingerprint density at radius 1 is 1.67 bits per heavy atom. The average Bonchev–Trinajstić information content (AvgIpc) is 3.00. The number of carbonyl (C=O) groups excluding carboxylic acids is 1. The number of nitrogens with zero attached hydrogens (tertiary/aromatic N) is 2. The summed E-state index contributed by atoms with van der Waals surface area (Å²) >= 11 is 0. The highest BCUT2D eigenvalue weighted by atomic mass is 16.5. The molecule has 98 valence electrons. The van der Waals surface area contributed by atoms with Crippen LogP contribution < -0.4 is 5.32 Å². The molecule has 1 aromatic heterocycles. The van der Waals surface area contributed by atoms with Gasteiger partial charge >= 0.3 is 0 Å². The number of fused-ring (bicyclic) bond motifs is 1. The molecule has 1 amide bonds. The predicted molar refractivity (Wildman–Crippen MR) is 66.4 cm³/mol. The van der Waals surface area contributed by atoms with Crippen molar-refractivity contribution in [3.05, 3.63) is 17.5 Å². The summed E-state index contributed by atoms with van der Waals surface area (Å²) in [7, 11) is 0. The largest absolute Gasteiger partial charge is 0.381 e. The van der Waals surface area contributed by atoms with Gasteiger partial charge in [-0.1, -0.05) is 6.92 Å². The molecule has 1 N–H and O–H groups in total. The van der Waals surface area contributed by atoms with E-state index < -0.39 is 0 Å². The van der Waals surface area contributed by atoms with Gasteiger partial charge in [0.05, 0.1) is 6.61 Å². The Morgan fingerprint density at radius 3 is 3.28 bits per heavy atom. The van der Waals surface area contributed by atoms with Crippen LogP contribution in [0.3, 0.4) is 0 Å². The molecular formula is C13H19N3O2. The molecule has 0 aliphatic carbocycles. The number of aryl methyl sites for hydroxylation is 2. The van der Waals surface area contributed by atoms with Crippen molar-refractivity contribution in [2.45, 2.75) is 32.7 Å². The molecule has 0 radical (unpaired) electrons. The third kappa shape index (κ3) is 2.14. The summed E-state index contributed by atoms with van der Waals surface area (Å²) in [5.74, 6) is -0.0648. The molecule has 18 heavy (non-hydrogen) atoms. The zero-order valence-electron chi connectivity index (χ0n) is 10.7. The number of hydrogen-bond donors (Lipinski definition) is 1. The van der Waals surface area contributed by atoms with E-state index in [1.165, 1.54) is 5.69 Å². The summed E-state index contributed by atoms with van der Waals surface area (Å²) in [6.45, 7) is 5.27. The van der Waals surface area contributed by atoms with Crippen LogP contribution in [-0.4, -0.2) is 35.4 Å². The molecule has 1 atom stereocenters. The molecule has 0 spiro atoms. The minimum absolute atomic E-state index is 0.0648. The number of carbonyl (C=O) groups is 1. The van der Waals surface area contributed by atoms with E-state index >= 15 is 0 Å². The van der Waals surface area contributed by atoms with Crippen molar-refractivity contribution < 1.29 is 9.53 Å². The van der Waals surface area contributed by atoms with Crippen molar-refractivity contribution in [1.82, 2.24) is 15.1 Å². The monoisotopic (exact) mass is 249 g/mol. The van der Waals surface area contributed by atoms with Crippen LogP contribution in [0.5, 0.6) is 0 Å². The van der Waals surface area contributed by atoms with Crippen LogP contribution >= 0.6 is 0 Å². The van der Waals surface area contributed by atoms with E-state index in [0.717, 1.165) is 39.0 Å². The normalized spacial score (nSPS) is 26.3. The van der Waals surface area contributed by atoms with E-state index in [2.05, 4.69) is 17.3 Å². The molecule has 1 saturated heterocycles. The Hall–Kier alpha value is -1.36. The third-order valence-corrected chi connectivity index (χ3v) is 3.87. The van der Waals surface area contributed by atoms with E-state index in [9.17, 15) is 4.79 Å². The zero-order chi connectivity index (χ0) is 12.6. The van der Waals surface area contributed by atoms with Gasteiger partial charge in [0.25, 0.3) is 5.91 Å². The lowest BCUT2D eigenvalue weighted by Crippen LogP contribution is -2.36. The van der Waals surface area contributed by atoms with Gasteiger partial charge in [0.1, 0.15) is 5.69 Å². The standard InChI is InChI=1S/C13H19N3O2/c1-13(4-6-18-9-13)8-14-12(17)11-7-10-3-2-5-16(10)15-11/h7H,2-6,8-9H2,1H3,(H,14,17)/t13-/m1/s1. The number of rotatable bonds is 3. The fraction of sp³-hybridized carbons (Fsp3) is 0.692. The fourth-order valence-electron chi connectivity index (χ4n) is 2.60. The second-order valence-corrected chi connectivity index (χ2v) is 5.64. The van der Waals surface area contributed by atoms with E-state index in [1.54, 1.807) is 0 Å². The van der Waals surface area contributed by atoms with Gasteiger partial charge in [0, 0.05) is 30.8 Å². The highest BCUT2D eigenvalue weighted by molar-refractivity contribution is 5.92. The summed E-state index contributed by atoms with van der Waals surface area (Å²) in [5.41, 5.74) is 1.81. The zero-order valence-corrected chi connectivity index (χ0v) is 10.7. The first-order chi connectivity index (χ1) is 8.66. The summed E-state index contributed by atoms with van der Waals surface area (Å²) in [4.78, 5) is 12.0. The maximum Gasteiger partial charge on any atom is 0.271 e. The Balaban J connectivity index is 1.60. The van der Waals surface area contributed by atoms with Crippen molar-refractivity contribution in [2.24, 2.45) is 5.41 Å². The first kappa shape index (κ1) is 11.7. The lowest BCUT2D eigenvalue weighted by molar-refractivity contribution is 0.0919. The Labute approximate surface area is 107 Å². The lowest BCUT2D eigenvalue weighted by Gasteiger charge is -2.21. The van der Waals surface area contributed by atoms with Crippen molar-refractivity contribution in [2.75, 3.05) is 19.8 Å². The van der Waals surface area contributed by atoms with Crippen LogP contribution in [0, 0.1) is 5.41 Å². The van der Waals surface area contributed by atoms with Crippen LogP contribution in [-0.2, 0) is 17.7 Å². The number of amides is 1. The second kappa shape index (κ2) is 4.39. The van der Waals surface area contributed by atoms with Gasteiger partial charge < -0.3 is 10.1 Å². The van der Waals surface area contributed by atoms with Crippen LogP contribution in [0.25, 0.3) is 0 Å². The first-order valence-electron chi connectivity index (χ1n) is 6.59. The molecule has 0 aromatic carbocycles. The maximum atomic E-state index is 12.0. The molecule has 0 saturated carbocycles. The van der Waals surface area contributed by atoms with Gasteiger partial charge in [0.2, 0.25) is 0 Å². The lowest BCUT2D eigenvalue weighted by atomic mass is 9.90. The van der Waals surface area contributed by atoms with Crippen LogP contribution in [0.1, 0.15) is 35.9 Å². The van der Waals surface area contributed by atoms with Crippen molar-refractivity contribution in [3.8, 4) is 0 Å². The minimum Gasteiger partial charge on any atom is -0.381 e. The van der Waals surface area contributed by atoms with E-state index in [1.807, 2.05) is 10.7 Å². The number of ether oxygens (including phenoxy) is 1. The quantitative estimate of drug-likeness (QED) is 0.869. The van der Waals surface area contributed by atoms with Gasteiger partial charge in [-0.15, -0.1) is 0 Å². The summed E-state index contributed by atoms with van der Waals surface area (Å²) in [5, 5.41) is 7.31. The topological polar surface area (TPSA) is 56.2 Å². The van der Waals surface area contributed by atoms with E-state index in [-0.39, 0.29) is 11.3 Å². The third-order valence-electron chi connectivity index (χ3n) is 3.87. The second-order valence-electron chi connectivity index (χ2n) is 5.64. The van der Waals surface area contributed by atoms with Crippen molar-refractivity contribution in [1.29, 1.82) is 0 Å². The Bertz CT molecular complexity index is 439. The molecule has 5 heteroatoms. The van der Waals surface area contributed by atoms with E-state index in [0.29, 0.717) is 12.2 Å². The maximum absolute atomic E-state index is 12.0. The number of aromatic nitrogens is 2. The molecule has 1 fully saturated rings. The van der Waals surface area contributed by atoms with Gasteiger partial charge in [0.15, 0.2) is 0 Å². The van der Waals surface area contributed by atoms with Gasteiger partial charge in [-0.25, -0.2) is 0 Å². The molecule has 0 bridgehead atoms. The number of nitrogens with one attached hydrogen (secondary N) is 1. The van der Waals surface area contributed by atoms with Crippen LogP contribution in [0.2, 0.25) is 0 Å². The average molecular weight is 249 g/mol. The summed E-state index contributed by atoms with van der Waals surface area (Å²) in [6.07, 6.45) is 3.18. The molecule has 2 aliphatic heterocycles. The first-order valence-corrected chi connectivity index (χ1v) is 6.59. The van der Waals surface area contributed by atoms with Gasteiger partial charge in [-0.2, -0.15) is 5.10 Å². The van der Waals surface area contributed by atoms with E-state index in [4.69, 9.17) is 4.74 Å². The summed E-state index contributed by atoms with van der Waals surface area (Å²) in [6, 6.07) is 1.91. The highest BCUT2D eigenvalue weighted by Gasteiger charge is 2.30. The van der Waals surface area contributed by atoms with Gasteiger partial charge in [-0.05, 0) is 25.3 Å². The molecule has 5 nitrogen and oxygen atoms in total.